The number of carbonyl (C=O) groups excluding carboxylic acids is 1. The number of hydrogen-bond acceptors (Lipinski definition) is 5. The van der Waals surface area contributed by atoms with Crippen LogP contribution in [0.2, 0.25) is 0 Å². The van der Waals surface area contributed by atoms with E-state index in [1.165, 1.54) is 4.31 Å². The van der Waals surface area contributed by atoms with E-state index in [2.05, 4.69) is 10.2 Å². The number of rotatable bonds is 8. The summed E-state index contributed by atoms with van der Waals surface area (Å²) in [6.45, 7) is 8.83. The molecule has 0 saturated carbocycles. The molecule has 2 heterocycles. The van der Waals surface area contributed by atoms with E-state index < -0.39 is 10.0 Å². The van der Waals surface area contributed by atoms with Crippen molar-refractivity contribution in [2.75, 3.05) is 49.6 Å². The average molecular weight is 497 g/mol. The number of anilines is 2. The van der Waals surface area contributed by atoms with E-state index in [0.29, 0.717) is 50.6 Å². The lowest BCUT2D eigenvalue weighted by molar-refractivity contribution is 0.102. The van der Waals surface area contributed by atoms with Crippen molar-refractivity contribution in [1.82, 2.24) is 8.87 Å². The molecule has 0 spiro atoms. The first-order chi connectivity index (χ1) is 16.8. The normalized spacial score (nSPS) is 14.3. The van der Waals surface area contributed by atoms with Gasteiger partial charge in [0.05, 0.1) is 29.5 Å². The molecule has 0 aliphatic carbocycles. The summed E-state index contributed by atoms with van der Waals surface area (Å²) in [5.74, 6) is -0.301. The quantitative estimate of drug-likeness (QED) is 0.511. The summed E-state index contributed by atoms with van der Waals surface area (Å²) < 4.78 is 35.2. The number of carbonyl (C=O) groups is 1. The van der Waals surface area contributed by atoms with Crippen LogP contribution in [0, 0.1) is 6.92 Å². The molecule has 1 fully saturated rings. The Hall–Kier alpha value is -3.14. The van der Waals surface area contributed by atoms with E-state index in [1.807, 2.05) is 62.0 Å². The summed E-state index contributed by atoms with van der Waals surface area (Å²) in [5.41, 5.74) is 3.68. The zero-order valence-corrected chi connectivity index (χ0v) is 21.2. The molecule has 0 radical (unpaired) electrons. The lowest BCUT2D eigenvalue weighted by atomic mass is 10.1. The molecule has 9 heteroatoms. The molecule has 1 amide bonds. The fourth-order valence-electron chi connectivity index (χ4n) is 4.29. The maximum atomic E-state index is 13.4. The zero-order chi connectivity index (χ0) is 25.0. The lowest BCUT2D eigenvalue weighted by Crippen LogP contribution is -2.37. The number of amides is 1. The van der Waals surface area contributed by atoms with E-state index in [0.717, 1.165) is 16.9 Å². The Balaban J connectivity index is 1.71. The van der Waals surface area contributed by atoms with E-state index >= 15 is 0 Å². The molecule has 0 bridgehead atoms. The number of aryl methyl sites for hydroxylation is 1. The summed E-state index contributed by atoms with van der Waals surface area (Å²) in [7, 11) is -3.68. The summed E-state index contributed by atoms with van der Waals surface area (Å²) in [6.07, 6.45) is 3.87. The largest absolute Gasteiger partial charge is 0.378 e. The van der Waals surface area contributed by atoms with Crippen molar-refractivity contribution < 1.29 is 17.9 Å². The van der Waals surface area contributed by atoms with Crippen molar-refractivity contribution in [3.8, 4) is 5.69 Å². The highest BCUT2D eigenvalue weighted by Gasteiger charge is 2.25. The molecule has 186 valence electrons. The SMILES string of the molecule is CCN(CC)S(=O)(=O)c1ccc(N2CCOCC2)c(NC(=O)c2ccc(C)c(-n3cccc3)c2)c1. The van der Waals surface area contributed by atoms with Crippen LogP contribution in [-0.2, 0) is 14.8 Å². The van der Waals surface area contributed by atoms with Gasteiger partial charge in [-0.3, -0.25) is 4.79 Å². The van der Waals surface area contributed by atoms with Crippen molar-refractivity contribution in [1.29, 1.82) is 0 Å². The van der Waals surface area contributed by atoms with Gasteiger partial charge < -0.3 is 19.5 Å². The number of nitrogens with zero attached hydrogens (tertiary/aromatic N) is 3. The lowest BCUT2D eigenvalue weighted by Gasteiger charge is -2.31. The molecular weight excluding hydrogens is 464 g/mol. The van der Waals surface area contributed by atoms with Gasteiger partial charge in [0.25, 0.3) is 5.91 Å². The number of morpholine rings is 1. The fourth-order valence-corrected chi connectivity index (χ4v) is 5.77. The first kappa shape index (κ1) is 25.0. The maximum Gasteiger partial charge on any atom is 0.255 e. The number of benzene rings is 2. The van der Waals surface area contributed by atoms with Gasteiger partial charge in [0.1, 0.15) is 0 Å². The second-order valence-corrected chi connectivity index (χ2v) is 10.4. The highest BCUT2D eigenvalue weighted by atomic mass is 32.2. The Morgan fingerprint density at radius 2 is 1.69 bits per heavy atom. The Kier molecular flexibility index (Phi) is 7.59. The maximum absolute atomic E-state index is 13.4. The Morgan fingerprint density at radius 3 is 2.34 bits per heavy atom. The van der Waals surface area contributed by atoms with Crippen molar-refractivity contribution in [2.45, 2.75) is 25.7 Å². The van der Waals surface area contributed by atoms with Gasteiger partial charge in [-0.1, -0.05) is 19.9 Å². The minimum Gasteiger partial charge on any atom is -0.378 e. The molecule has 1 aliphatic heterocycles. The van der Waals surface area contributed by atoms with E-state index in [9.17, 15) is 13.2 Å². The van der Waals surface area contributed by atoms with Crippen molar-refractivity contribution in [3.63, 3.8) is 0 Å². The first-order valence-corrected chi connectivity index (χ1v) is 13.3. The molecule has 4 rings (SSSR count). The highest BCUT2D eigenvalue weighted by Crippen LogP contribution is 2.31. The molecule has 0 atom stereocenters. The standard InChI is InChI=1S/C26H32N4O4S/c1-4-30(5-2)35(32,33)22-10-11-24(29-14-16-34-17-15-29)23(19-22)27-26(31)21-9-8-20(3)25(18-21)28-12-6-7-13-28/h6-13,18-19H,4-5,14-17H2,1-3H3,(H,27,31). The van der Waals surface area contributed by atoms with Crippen LogP contribution in [0.25, 0.3) is 5.69 Å². The van der Waals surface area contributed by atoms with Crippen LogP contribution in [0.15, 0.2) is 65.8 Å². The fraction of sp³-hybridized carbons (Fsp3) is 0.346. The molecule has 1 aliphatic rings. The number of hydrogen-bond donors (Lipinski definition) is 1. The van der Waals surface area contributed by atoms with Gasteiger partial charge in [0.2, 0.25) is 10.0 Å². The predicted molar refractivity (Wildman–Crippen MR) is 138 cm³/mol. The van der Waals surface area contributed by atoms with E-state index in [-0.39, 0.29) is 10.8 Å². The summed E-state index contributed by atoms with van der Waals surface area (Å²) in [4.78, 5) is 15.6. The summed E-state index contributed by atoms with van der Waals surface area (Å²) >= 11 is 0. The summed E-state index contributed by atoms with van der Waals surface area (Å²) in [5, 5.41) is 2.99. The Bertz CT molecular complexity index is 1280. The van der Waals surface area contributed by atoms with Gasteiger partial charge in [-0.2, -0.15) is 4.31 Å². The third-order valence-corrected chi connectivity index (χ3v) is 8.31. The van der Waals surface area contributed by atoms with Gasteiger partial charge in [-0.25, -0.2) is 8.42 Å². The number of aromatic nitrogens is 1. The van der Waals surface area contributed by atoms with Gasteiger partial charge in [-0.15, -0.1) is 0 Å². The Labute approximate surface area is 207 Å². The molecule has 8 nitrogen and oxygen atoms in total. The van der Waals surface area contributed by atoms with E-state index in [4.69, 9.17) is 4.74 Å². The van der Waals surface area contributed by atoms with Gasteiger partial charge in [0, 0.05) is 49.8 Å². The van der Waals surface area contributed by atoms with Gasteiger partial charge >= 0.3 is 0 Å². The topological polar surface area (TPSA) is 83.9 Å². The van der Waals surface area contributed by atoms with Crippen LogP contribution >= 0.6 is 0 Å². The molecule has 1 N–H and O–H groups in total. The third kappa shape index (κ3) is 5.27. The second kappa shape index (κ2) is 10.6. The molecular formula is C26H32N4O4S. The monoisotopic (exact) mass is 496 g/mol. The van der Waals surface area contributed by atoms with Crippen LogP contribution in [0.4, 0.5) is 11.4 Å². The first-order valence-electron chi connectivity index (χ1n) is 11.9. The van der Waals surface area contributed by atoms with Gasteiger partial charge in [-0.05, 0) is 55.0 Å². The Morgan fingerprint density at radius 1 is 1.00 bits per heavy atom. The number of sulfonamides is 1. The number of ether oxygens (including phenoxy) is 1. The van der Waals surface area contributed by atoms with Gasteiger partial charge in [0.15, 0.2) is 0 Å². The van der Waals surface area contributed by atoms with Crippen molar-refractivity contribution >= 4 is 27.3 Å². The van der Waals surface area contributed by atoms with Crippen LogP contribution in [0.3, 0.4) is 0 Å². The van der Waals surface area contributed by atoms with Crippen molar-refractivity contribution in [3.05, 3.63) is 72.1 Å². The van der Waals surface area contributed by atoms with Crippen LogP contribution in [-0.4, -0.2) is 62.6 Å². The molecule has 1 saturated heterocycles. The van der Waals surface area contributed by atoms with Crippen LogP contribution in [0.5, 0.6) is 0 Å². The second-order valence-electron chi connectivity index (χ2n) is 8.41. The molecule has 2 aromatic carbocycles. The smallest absolute Gasteiger partial charge is 0.255 e. The van der Waals surface area contributed by atoms with E-state index in [1.54, 1.807) is 24.3 Å². The summed E-state index contributed by atoms with van der Waals surface area (Å²) in [6, 6.07) is 14.4. The van der Waals surface area contributed by atoms with Crippen molar-refractivity contribution in [2.24, 2.45) is 0 Å². The third-order valence-electron chi connectivity index (χ3n) is 6.27. The minimum absolute atomic E-state index is 0.158. The highest BCUT2D eigenvalue weighted by molar-refractivity contribution is 7.89. The van der Waals surface area contributed by atoms with Crippen LogP contribution in [0.1, 0.15) is 29.8 Å². The number of nitrogens with one attached hydrogen (secondary N) is 1. The zero-order valence-electron chi connectivity index (χ0n) is 20.4. The molecule has 1 aromatic heterocycles. The molecule has 0 unspecified atom stereocenters. The minimum atomic E-state index is -3.68. The predicted octanol–water partition coefficient (Wildman–Crippen LogP) is 3.91. The molecule has 35 heavy (non-hydrogen) atoms. The molecule has 3 aromatic rings. The van der Waals surface area contributed by atoms with Crippen LogP contribution < -0.4 is 10.2 Å². The average Bonchev–Trinajstić information content (AvgIpc) is 3.40.